The normalized spacial score (nSPS) is 20.6. The van der Waals surface area contributed by atoms with Gasteiger partial charge in [-0.2, -0.15) is 0 Å². The summed E-state index contributed by atoms with van der Waals surface area (Å²) in [5.41, 5.74) is 2.53. The first-order chi connectivity index (χ1) is 10.5. The van der Waals surface area contributed by atoms with E-state index in [1.54, 1.807) is 4.90 Å². The van der Waals surface area contributed by atoms with E-state index in [9.17, 15) is 9.59 Å². The van der Waals surface area contributed by atoms with Gasteiger partial charge in [0.25, 0.3) is 5.91 Å². The Bertz CT molecular complexity index is 637. The zero-order valence-corrected chi connectivity index (χ0v) is 12.7. The molecule has 3 amide bonds. The van der Waals surface area contributed by atoms with Gasteiger partial charge in [0.2, 0.25) is 0 Å². The van der Waals surface area contributed by atoms with Crippen LogP contribution >= 0.6 is 0 Å². The number of hydrogen-bond acceptors (Lipinski definition) is 3. The molecule has 0 saturated heterocycles. The molecule has 1 aromatic carbocycles. The molecule has 6 nitrogen and oxygen atoms in total. The topological polar surface area (TPSA) is 70.7 Å². The Hall–Kier alpha value is -2.50. The van der Waals surface area contributed by atoms with E-state index in [2.05, 4.69) is 10.6 Å². The second kappa shape index (κ2) is 5.71. The summed E-state index contributed by atoms with van der Waals surface area (Å²) in [6, 6.07) is 7.29. The van der Waals surface area contributed by atoms with Crippen LogP contribution < -0.4 is 15.4 Å². The summed E-state index contributed by atoms with van der Waals surface area (Å²) in [5.74, 6) is 0.751. The molecule has 1 atom stereocenters. The maximum atomic E-state index is 12.4. The Morgan fingerprint density at radius 1 is 1.27 bits per heavy atom. The van der Waals surface area contributed by atoms with E-state index in [1.165, 1.54) is 5.56 Å². The molecule has 3 rings (SSSR count). The van der Waals surface area contributed by atoms with Gasteiger partial charge in [0.15, 0.2) is 0 Å². The molecule has 0 aliphatic carbocycles. The molecule has 0 saturated carbocycles. The molecular formula is C16H19N3O3. The first-order valence-corrected chi connectivity index (χ1v) is 7.34. The highest BCUT2D eigenvalue weighted by Gasteiger charge is 2.37. The van der Waals surface area contributed by atoms with Crippen molar-refractivity contribution in [2.75, 3.05) is 19.7 Å². The molecule has 0 spiro atoms. The van der Waals surface area contributed by atoms with Gasteiger partial charge in [0, 0.05) is 5.70 Å². The monoisotopic (exact) mass is 301 g/mol. The van der Waals surface area contributed by atoms with E-state index in [1.807, 2.05) is 38.1 Å². The van der Waals surface area contributed by atoms with Crippen LogP contribution in [0.15, 0.2) is 35.5 Å². The highest BCUT2D eigenvalue weighted by atomic mass is 16.5. The molecule has 2 aliphatic heterocycles. The lowest BCUT2D eigenvalue weighted by atomic mass is 10.1. The van der Waals surface area contributed by atoms with Crippen molar-refractivity contribution in [1.82, 2.24) is 15.5 Å². The smallest absolute Gasteiger partial charge is 0.319 e. The van der Waals surface area contributed by atoms with Gasteiger partial charge in [0.05, 0.1) is 24.7 Å². The van der Waals surface area contributed by atoms with Crippen molar-refractivity contribution in [3.8, 4) is 5.75 Å². The Morgan fingerprint density at radius 3 is 2.73 bits per heavy atom. The van der Waals surface area contributed by atoms with Crippen LogP contribution in [0, 0.1) is 6.92 Å². The minimum atomic E-state index is -0.253. The van der Waals surface area contributed by atoms with Crippen LogP contribution in [-0.2, 0) is 4.79 Å². The number of nitrogens with zero attached hydrogens (tertiary/aromatic N) is 1. The van der Waals surface area contributed by atoms with Gasteiger partial charge in [-0.05, 0) is 26.0 Å². The lowest BCUT2D eigenvalue weighted by Crippen LogP contribution is -2.47. The van der Waals surface area contributed by atoms with E-state index >= 15 is 0 Å². The van der Waals surface area contributed by atoms with Crippen LogP contribution in [0.5, 0.6) is 5.75 Å². The average Bonchev–Trinajstić information content (AvgIpc) is 2.77. The van der Waals surface area contributed by atoms with Gasteiger partial charge in [-0.25, -0.2) is 4.79 Å². The number of aryl methyl sites for hydroxylation is 1. The number of benzene rings is 1. The van der Waals surface area contributed by atoms with E-state index in [0.29, 0.717) is 31.0 Å². The number of ether oxygens (including phenoxy) is 1. The van der Waals surface area contributed by atoms with Crippen molar-refractivity contribution in [3.63, 3.8) is 0 Å². The predicted octanol–water partition coefficient (Wildman–Crippen LogP) is 1.17. The Kier molecular flexibility index (Phi) is 3.75. The van der Waals surface area contributed by atoms with Crippen LogP contribution in [-0.4, -0.2) is 42.6 Å². The lowest BCUT2D eigenvalue weighted by Gasteiger charge is -2.21. The van der Waals surface area contributed by atoms with E-state index in [4.69, 9.17) is 4.74 Å². The predicted molar refractivity (Wildman–Crippen MR) is 81.4 cm³/mol. The molecule has 6 heteroatoms. The maximum Gasteiger partial charge on any atom is 0.319 e. The summed E-state index contributed by atoms with van der Waals surface area (Å²) < 4.78 is 5.66. The van der Waals surface area contributed by atoms with Crippen molar-refractivity contribution < 1.29 is 14.3 Å². The van der Waals surface area contributed by atoms with Crippen LogP contribution in [0.3, 0.4) is 0 Å². The van der Waals surface area contributed by atoms with Gasteiger partial charge < -0.3 is 20.3 Å². The first-order valence-electron chi connectivity index (χ1n) is 7.34. The molecule has 0 unspecified atom stereocenters. The van der Waals surface area contributed by atoms with Crippen molar-refractivity contribution in [2.24, 2.45) is 0 Å². The fourth-order valence-electron chi connectivity index (χ4n) is 2.73. The highest BCUT2D eigenvalue weighted by Crippen LogP contribution is 2.22. The third-order valence-electron chi connectivity index (χ3n) is 3.89. The standard InChI is InChI=1S/C16H19N3O3/c1-10-3-5-12(6-4-10)22-8-7-19-9-13-14(15(19)20)11(2)17-16(21)18-13/h3-6,11H,7-9H2,1-2H3,(H2,17,18,21)/t11-/m0/s1. The molecule has 116 valence electrons. The lowest BCUT2D eigenvalue weighted by molar-refractivity contribution is -0.126. The Labute approximate surface area is 129 Å². The quantitative estimate of drug-likeness (QED) is 0.877. The fourth-order valence-corrected chi connectivity index (χ4v) is 2.73. The van der Waals surface area contributed by atoms with Crippen LogP contribution in [0.4, 0.5) is 4.79 Å². The summed E-state index contributed by atoms with van der Waals surface area (Å²) in [7, 11) is 0. The number of rotatable bonds is 4. The van der Waals surface area contributed by atoms with Crippen molar-refractivity contribution in [3.05, 3.63) is 41.1 Å². The van der Waals surface area contributed by atoms with Gasteiger partial charge >= 0.3 is 6.03 Å². The highest BCUT2D eigenvalue weighted by molar-refractivity contribution is 6.01. The van der Waals surface area contributed by atoms with Gasteiger partial charge in [-0.1, -0.05) is 17.7 Å². The number of hydrogen-bond donors (Lipinski definition) is 2. The van der Waals surface area contributed by atoms with Crippen molar-refractivity contribution in [1.29, 1.82) is 0 Å². The second-order valence-corrected chi connectivity index (χ2v) is 5.60. The van der Waals surface area contributed by atoms with E-state index in [0.717, 1.165) is 5.75 Å². The molecule has 2 heterocycles. The summed E-state index contributed by atoms with van der Waals surface area (Å²) in [6.45, 7) is 5.18. The molecule has 2 N–H and O–H groups in total. The van der Waals surface area contributed by atoms with Crippen molar-refractivity contribution >= 4 is 11.9 Å². The van der Waals surface area contributed by atoms with Gasteiger partial charge in [-0.3, -0.25) is 4.79 Å². The van der Waals surface area contributed by atoms with Gasteiger partial charge in [0.1, 0.15) is 12.4 Å². The third-order valence-corrected chi connectivity index (χ3v) is 3.89. The molecule has 0 aromatic heterocycles. The SMILES string of the molecule is Cc1ccc(OCCN2CC3=C(C2=O)[C@H](C)NC(=O)N3)cc1. The molecule has 0 radical (unpaired) electrons. The summed E-state index contributed by atoms with van der Waals surface area (Å²) in [6.07, 6.45) is 0. The molecule has 0 fully saturated rings. The minimum absolute atomic E-state index is 0.0393. The van der Waals surface area contributed by atoms with Crippen molar-refractivity contribution in [2.45, 2.75) is 19.9 Å². The molecule has 22 heavy (non-hydrogen) atoms. The number of urea groups is 1. The van der Waals surface area contributed by atoms with Crippen LogP contribution in [0.2, 0.25) is 0 Å². The van der Waals surface area contributed by atoms with E-state index in [-0.39, 0.29) is 18.0 Å². The maximum absolute atomic E-state index is 12.4. The fraction of sp³-hybridized carbons (Fsp3) is 0.375. The number of amides is 3. The first kappa shape index (κ1) is 14.4. The average molecular weight is 301 g/mol. The second-order valence-electron chi connectivity index (χ2n) is 5.60. The molecule has 2 aliphatic rings. The van der Waals surface area contributed by atoms with Crippen LogP contribution in [0.25, 0.3) is 0 Å². The van der Waals surface area contributed by atoms with Gasteiger partial charge in [-0.15, -0.1) is 0 Å². The third kappa shape index (κ3) is 2.77. The zero-order valence-electron chi connectivity index (χ0n) is 12.7. The number of nitrogens with one attached hydrogen (secondary N) is 2. The minimum Gasteiger partial charge on any atom is -0.492 e. The number of carbonyl (C=O) groups is 2. The summed E-state index contributed by atoms with van der Waals surface area (Å²) in [5, 5.41) is 5.41. The summed E-state index contributed by atoms with van der Waals surface area (Å²) in [4.78, 5) is 25.5. The molecule has 1 aromatic rings. The largest absolute Gasteiger partial charge is 0.492 e. The molecular weight excluding hydrogens is 282 g/mol. The van der Waals surface area contributed by atoms with Crippen LogP contribution in [0.1, 0.15) is 12.5 Å². The van der Waals surface area contributed by atoms with E-state index < -0.39 is 0 Å². The zero-order chi connectivity index (χ0) is 15.7. The Morgan fingerprint density at radius 2 is 2.00 bits per heavy atom. The Balaban J connectivity index is 1.56. The molecule has 0 bridgehead atoms. The summed E-state index contributed by atoms with van der Waals surface area (Å²) >= 11 is 0. The number of carbonyl (C=O) groups excluding carboxylic acids is 2.